The molecule has 3 rings (SSSR count). The normalized spacial score (nSPS) is 11.8. The van der Waals surface area contributed by atoms with Crippen LogP contribution < -0.4 is 4.31 Å². The van der Waals surface area contributed by atoms with Crippen molar-refractivity contribution in [3.8, 4) is 11.4 Å². The number of aromatic nitrogens is 3. The smallest absolute Gasteiger partial charge is 0.264 e. The SMILES string of the molecule is CCCCN(c1ccc(Cl)cc1-c1nnc(C)n1CC(C)C)S(=O)(=O)c1ccccc1. The fraction of sp³-hybridized carbons (Fsp3) is 0.391. The van der Waals surface area contributed by atoms with Gasteiger partial charge in [-0.1, -0.05) is 57.0 Å². The van der Waals surface area contributed by atoms with Gasteiger partial charge in [-0.05, 0) is 49.6 Å². The summed E-state index contributed by atoms with van der Waals surface area (Å²) in [6.07, 6.45) is 1.60. The topological polar surface area (TPSA) is 68.1 Å². The van der Waals surface area contributed by atoms with Gasteiger partial charge >= 0.3 is 0 Å². The quantitative estimate of drug-likeness (QED) is 0.419. The van der Waals surface area contributed by atoms with Gasteiger partial charge in [-0.25, -0.2) is 8.42 Å². The highest BCUT2D eigenvalue weighted by atomic mass is 35.5. The number of halogens is 1. The van der Waals surface area contributed by atoms with Crippen LogP contribution in [0.15, 0.2) is 53.4 Å². The lowest BCUT2D eigenvalue weighted by molar-refractivity contribution is 0.517. The Morgan fingerprint density at radius 3 is 2.45 bits per heavy atom. The van der Waals surface area contributed by atoms with E-state index in [1.54, 1.807) is 48.5 Å². The zero-order chi connectivity index (χ0) is 22.6. The van der Waals surface area contributed by atoms with Crippen molar-refractivity contribution in [3.05, 3.63) is 59.4 Å². The van der Waals surface area contributed by atoms with Crippen LogP contribution in [0.2, 0.25) is 5.02 Å². The van der Waals surface area contributed by atoms with Gasteiger partial charge in [0, 0.05) is 23.7 Å². The standard InChI is InChI=1S/C23H29ClN4O2S/c1-5-6-14-28(31(29,30)20-10-8-7-9-11-20)22-13-12-19(24)15-21(22)23-26-25-18(4)27(23)16-17(2)3/h7-13,15,17H,5-6,14,16H2,1-4H3. The van der Waals surface area contributed by atoms with Gasteiger partial charge in [0.05, 0.1) is 10.6 Å². The molecule has 1 aromatic heterocycles. The molecule has 0 spiro atoms. The van der Waals surface area contributed by atoms with Crippen LogP contribution >= 0.6 is 11.6 Å². The predicted molar refractivity (Wildman–Crippen MR) is 126 cm³/mol. The molecule has 2 aromatic carbocycles. The van der Waals surface area contributed by atoms with Gasteiger partial charge in [-0.3, -0.25) is 4.31 Å². The molecule has 0 fully saturated rings. The molecule has 0 unspecified atom stereocenters. The summed E-state index contributed by atoms with van der Waals surface area (Å²) < 4.78 is 30.7. The summed E-state index contributed by atoms with van der Waals surface area (Å²) in [5.41, 5.74) is 1.21. The monoisotopic (exact) mass is 460 g/mol. The van der Waals surface area contributed by atoms with E-state index in [4.69, 9.17) is 11.6 Å². The van der Waals surface area contributed by atoms with Crippen molar-refractivity contribution in [2.45, 2.75) is 52.0 Å². The molecule has 8 heteroatoms. The van der Waals surface area contributed by atoms with E-state index >= 15 is 0 Å². The first-order chi connectivity index (χ1) is 14.8. The van der Waals surface area contributed by atoms with Crippen molar-refractivity contribution < 1.29 is 8.42 Å². The van der Waals surface area contributed by atoms with Crippen molar-refractivity contribution in [1.29, 1.82) is 0 Å². The first-order valence-electron chi connectivity index (χ1n) is 10.5. The molecule has 0 bridgehead atoms. The average molecular weight is 461 g/mol. The van der Waals surface area contributed by atoms with E-state index in [9.17, 15) is 8.42 Å². The molecule has 0 amide bonds. The predicted octanol–water partition coefficient (Wildman–Crippen LogP) is 5.56. The minimum Gasteiger partial charge on any atom is -0.311 e. The second kappa shape index (κ2) is 9.83. The molecule has 31 heavy (non-hydrogen) atoms. The molecule has 0 saturated heterocycles. The zero-order valence-corrected chi connectivity index (χ0v) is 20.0. The van der Waals surface area contributed by atoms with E-state index in [0.29, 0.717) is 34.6 Å². The van der Waals surface area contributed by atoms with Crippen LogP contribution in [0.1, 0.15) is 39.4 Å². The fourth-order valence-electron chi connectivity index (χ4n) is 3.46. The maximum Gasteiger partial charge on any atom is 0.264 e. The Hall–Kier alpha value is -2.38. The molecular formula is C23H29ClN4O2S. The summed E-state index contributed by atoms with van der Waals surface area (Å²) in [5, 5.41) is 9.17. The van der Waals surface area contributed by atoms with Gasteiger partial charge in [0.2, 0.25) is 0 Å². The van der Waals surface area contributed by atoms with Gasteiger partial charge < -0.3 is 4.57 Å². The molecule has 0 aliphatic carbocycles. The summed E-state index contributed by atoms with van der Waals surface area (Å²) in [6, 6.07) is 13.8. The van der Waals surface area contributed by atoms with E-state index < -0.39 is 10.0 Å². The van der Waals surface area contributed by atoms with Crippen LogP contribution in [-0.4, -0.2) is 29.7 Å². The average Bonchev–Trinajstić information content (AvgIpc) is 3.09. The number of hydrogen-bond acceptors (Lipinski definition) is 4. The first-order valence-corrected chi connectivity index (χ1v) is 12.3. The highest BCUT2D eigenvalue weighted by Gasteiger charge is 2.28. The van der Waals surface area contributed by atoms with Crippen molar-refractivity contribution in [3.63, 3.8) is 0 Å². The summed E-state index contributed by atoms with van der Waals surface area (Å²) >= 11 is 6.35. The maximum atomic E-state index is 13.6. The van der Waals surface area contributed by atoms with Gasteiger partial charge in [0.15, 0.2) is 5.82 Å². The number of benzene rings is 2. The Morgan fingerprint density at radius 2 is 1.81 bits per heavy atom. The van der Waals surface area contributed by atoms with E-state index in [2.05, 4.69) is 24.0 Å². The summed E-state index contributed by atoms with van der Waals surface area (Å²) in [5.74, 6) is 1.77. The maximum absolute atomic E-state index is 13.6. The molecular weight excluding hydrogens is 432 g/mol. The van der Waals surface area contributed by atoms with Crippen molar-refractivity contribution in [2.24, 2.45) is 5.92 Å². The number of unbranched alkanes of at least 4 members (excludes halogenated alkanes) is 1. The van der Waals surface area contributed by atoms with E-state index in [1.165, 1.54) is 4.31 Å². The van der Waals surface area contributed by atoms with Crippen LogP contribution in [0.5, 0.6) is 0 Å². The number of hydrogen-bond donors (Lipinski definition) is 0. The van der Waals surface area contributed by atoms with Gasteiger partial charge in [0.25, 0.3) is 10.0 Å². The van der Waals surface area contributed by atoms with E-state index in [0.717, 1.165) is 25.2 Å². The van der Waals surface area contributed by atoms with Crippen molar-refractivity contribution in [2.75, 3.05) is 10.8 Å². The van der Waals surface area contributed by atoms with Crippen LogP contribution in [-0.2, 0) is 16.6 Å². The van der Waals surface area contributed by atoms with Crippen LogP contribution in [0.25, 0.3) is 11.4 Å². The van der Waals surface area contributed by atoms with Gasteiger partial charge in [-0.2, -0.15) is 0 Å². The molecule has 0 radical (unpaired) electrons. The van der Waals surface area contributed by atoms with E-state index in [-0.39, 0.29) is 4.90 Å². The molecule has 6 nitrogen and oxygen atoms in total. The largest absolute Gasteiger partial charge is 0.311 e. The molecule has 3 aromatic rings. The number of aryl methyl sites for hydroxylation is 1. The molecule has 0 N–H and O–H groups in total. The minimum atomic E-state index is -3.77. The molecule has 0 saturated carbocycles. The molecule has 0 aliphatic heterocycles. The first kappa shape index (κ1) is 23.3. The highest BCUT2D eigenvalue weighted by Crippen LogP contribution is 2.36. The van der Waals surface area contributed by atoms with Crippen molar-refractivity contribution in [1.82, 2.24) is 14.8 Å². The Labute approximate surface area is 189 Å². The minimum absolute atomic E-state index is 0.256. The Bertz CT molecular complexity index is 1130. The molecule has 166 valence electrons. The second-order valence-corrected chi connectivity index (χ2v) is 10.3. The van der Waals surface area contributed by atoms with Gasteiger partial charge in [-0.15, -0.1) is 10.2 Å². The Balaban J connectivity index is 2.21. The van der Waals surface area contributed by atoms with Gasteiger partial charge in [0.1, 0.15) is 5.82 Å². The fourth-order valence-corrected chi connectivity index (χ4v) is 5.18. The van der Waals surface area contributed by atoms with Crippen LogP contribution in [0.4, 0.5) is 5.69 Å². The van der Waals surface area contributed by atoms with Crippen LogP contribution in [0, 0.1) is 12.8 Å². The molecule has 0 aliphatic rings. The molecule has 1 heterocycles. The Morgan fingerprint density at radius 1 is 1.10 bits per heavy atom. The molecule has 0 atom stereocenters. The lowest BCUT2D eigenvalue weighted by Crippen LogP contribution is -2.32. The van der Waals surface area contributed by atoms with Crippen LogP contribution in [0.3, 0.4) is 0 Å². The third-order valence-corrected chi connectivity index (χ3v) is 7.06. The van der Waals surface area contributed by atoms with Crippen molar-refractivity contribution >= 4 is 27.3 Å². The summed E-state index contributed by atoms with van der Waals surface area (Å²) in [6.45, 7) is 9.27. The highest BCUT2D eigenvalue weighted by molar-refractivity contribution is 7.92. The number of rotatable bonds is 9. The second-order valence-electron chi connectivity index (χ2n) is 7.98. The zero-order valence-electron chi connectivity index (χ0n) is 18.4. The lowest BCUT2D eigenvalue weighted by Gasteiger charge is -2.27. The lowest BCUT2D eigenvalue weighted by atomic mass is 10.1. The summed E-state index contributed by atoms with van der Waals surface area (Å²) in [4.78, 5) is 0.256. The third-order valence-electron chi connectivity index (χ3n) is 5.00. The number of sulfonamides is 1. The number of nitrogens with zero attached hydrogens (tertiary/aromatic N) is 4. The Kier molecular flexibility index (Phi) is 7.38. The number of anilines is 1. The third kappa shape index (κ3) is 5.10. The van der Waals surface area contributed by atoms with E-state index in [1.807, 2.05) is 18.4 Å². The summed E-state index contributed by atoms with van der Waals surface area (Å²) in [7, 11) is -3.77.